The van der Waals surface area contributed by atoms with Gasteiger partial charge in [0.25, 0.3) is 0 Å². The Labute approximate surface area is 206 Å². The monoisotopic (exact) mass is 563 g/mol. The van der Waals surface area contributed by atoms with Crippen molar-refractivity contribution >= 4 is 66.7 Å². The molecule has 0 saturated heterocycles. The van der Waals surface area contributed by atoms with Crippen molar-refractivity contribution in [1.82, 2.24) is 10.2 Å². The van der Waals surface area contributed by atoms with Gasteiger partial charge < -0.3 is 10.2 Å². The lowest BCUT2D eigenvalue weighted by atomic mass is 10.1. The van der Waals surface area contributed by atoms with Gasteiger partial charge in [0.05, 0.1) is 22.0 Å². The fraction of sp³-hybridized carbons (Fsp3) is 0.333. The number of sulfonamides is 1. The van der Waals surface area contributed by atoms with Crippen LogP contribution in [0, 0.1) is 0 Å². The average Bonchev–Trinajstić information content (AvgIpc) is 2.72. The summed E-state index contributed by atoms with van der Waals surface area (Å²) < 4.78 is 26.5. The average molecular weight is 565 g/mol. The first-order chi connectivity index (χ1) is 15.0. The van der Waals surface area contributed by atoms with Crippen LogP contribution in [-0.4, -0.2) is 50.5 Å². The van der Waals surface area contributed by atoms with Crippen molar-refractivity contribution in [1.29, 1.82) is 0 Å². The molecule has 174 valence electrons. The first kappa shape index (κ1) is 26.4. The van der Waals surface area contributed by atoms with E-state index in [1.807, 2.05) is 0 Å². The molecule has 0 unspecified atom stereocenters. The standard InChI is InChI=1S/C21H24BrCl2N3O4S/c1-4-25-21(29)14(2)26(12-15-9-10-17(23)18(24)11-15)20(28)13-27(32(3,30)31)19-8-6-5-7-16(19)22/h5-11,14H,4,12-13H2,1-3H3,(H,25,29)/t14-/m0/s1. The highest BCUT2D eigenvalue weighted by molar-refractivity contribution is 9.10. The maximum atomic E-state index is 13.4. The molecule has 0 aliphatic rings. The predicted octanol–water partition coefficient (Wildman–Crippen LogP) is 4.08. The number of carbonyl (C=O) groups excluding carboxylic acids is 2. The topological polar surface area (TPSA) is 86.8 Å². The number of carbonyl (C=O) groups is 2. The van der Waals surface area contributed by atoms with E-state index in [2.05, 4.69) is 21.2 Å². The first-order valence-electron chi connectivity index (χ1n) is 9.69. The summed E-state index contributed by atoms with van der Waals surface area (Å²) in [6.07, 6.45) is 1.02. The van der Waals surface area contributed by atoms with Crippen LogP contribution in [0.1, 0.15) is 19.4 Å². The van der Waals surface area contributed by atoms with Gasteiger partial charge in [-0.25, -0.2) is 8.42 Å². The first-order valence-corrected chi connectivity index (χ1v) is 13.1. The summed E-state index contributed by atoms with van der Waals surface area (Å²) in [5.74, 6) is -0.899. The fourth-order valence-electron chi connectivity index (χ4n) is 2.99. The van der Waals surface area contributed by atoms with Crippen molar-refractivity contribution in [3.8, 4) is 0 Å². The van der Waals surface area contributed by atoms with Gasteiger partial charge in [-0.05, 0) is 59.6 Å². The van der Waals surface area contributed by atoms with Gasteiger partial charge in [-0.2, -0.15) is 0 Å². The molecule has 2 rings (SSSR count). The fourth-order valence-corrected chi connectivity index (χ4v) is 4.79. The van der Waals surface area contributed by atoms with Crippen LogP contribution >= 0.6 is 39.1 Å². The van der Waals surface area contributed by atoms with E-state index in [0.29, 0.717) is 32.3 Å². The van der Waals surface area contributed by atoms with Crippen LogP contribution in [0.15, 0.2) is 46.9 Å². The summed E-state index contributed by atoms with van der Waals surface area (Å²) in [6.45, 7) is 3.32. The van der Waals surface area contributed by atoms with Gasteiger partial charge in [0.15, 0.2) is 0 Å². The van der Waals surface area contributed by atoms with Crippen LogP contribution in [0.2, 0.25) is 10.0 Å². The Morgan fingerprint density at radius 3 is 2.34 bits per heavy atom. The van der Waals surface area contributed by atoms with Crippen molar-refractivity contribution in [3.05, 3.63) is 62.5 Å². The Morgan fingerprint density at radius 1 is 1.12 bits per heavy atom. The molecule has 0 radical (unpaired) electrons. The number of hydrogen-bond donors (Lipinski definition) is 1. The van der Waals surface area contributed by atoms with Crippen LogP contribution in [0.25, 0.3) is 0 Å². The number of nitrogens with one attached hydrogen (secondary N) is 1. The highest BCUT2D eigenvalue weighted by atomic mass is 79.9. The Kier molecular flexibility index (Phi) is 9.39. The van der Waals surface area contributed by atoms with Gasteiger partial charge >= 0.3 is 0 Å². The number of nitrogens with zero attached hydrogens (tertiary/aromatic N) is 2. The third-order valence-electron chi connectivity index (χ3n) is 4.66. The van der Waals surface area contributed by atoms with E-state index in [0.717, 1.165) is 10.6 Å². The smallest absolute Gasteiger partial charge is 0.244 e. The molecule has 2 amide bonds. The zero-order valence-corrected chi connectivity index (χ0v) is 21.7. The van der Waals surface area contributed by atoms with E-state index in [1.54, 1.807) is 56.3 Å². The molecular weight excluding hydrogens is 541 g/mol. The van der Waals surface area contributed by atoms with E-state index in [9.17, 15) is 18.0 Å². The molecule has 1 atom stereocenters. The van der Waals surface area contributed by atoms with Crippen LogP contribution in [-0.2, 0) is 26.2 Å². The summed E-state index contributed by atoms with van der Waals surface area (Å²) in [4.78, 5) is 27.2. The van der Waals surface area contributed by atoms with E-state index >= 15 is 0 Å². The molecule has 0 spiro atoms. The number of benzene rings is 2. The molecule has 32 heavy (non-hydrogen) atoms. The molecule has 0 aliphatic carbocycles. The van der Waals surface area contributed by atoms with Crippen LogP contribution in [0.4, 0.5) is 5.69 Å². The molecule has 11 heteroatoms. The summed E-state index contributed by atoms with van der Waals surface area (Å²) >= 11 is 15.4. The Bertz CT molecular complexity index is 1100. The number of halogens is 3. The quantitative estimate of drug-likeness (QED) is 0.497. The van der Waals surface area contributed by atoms with Gasteiger partial charge in [-0.15, -0.1) is 0 Å². The van der Waals surface area contributed by atoms with Gasteiger partial charge in [-0.3, -0.25) is 13.9 Å². The highest BCUT2D eigenvalue weighted by Crippen LogP contribution is 2.28. The lowest BCUT2D eigenvalue weighted by molar-refractivity contribution is -0.139. The van der Waals surface area contributed by atoms with E-state index in [4.69, 9.17) is 23.2 Å². The number of para-hydroxylation sites is 1. The summed E-state index contributed by atoms with van der Waals surface area (Å²) in [5, 5.41) is 3.37. The lowest BCUT2D eigenvalue weighted by Gasteiger charge is -2.31. The number of likely N-dealkylation sites (N-methyl/N-ethyl adjacent to an activating group) is 1. The Morgan fingerprint density at radius 2 is 1.78 bits per heavy atom. The minimum absolute atomic E-state index is 0.0432. The molecule has 2 aromatic carbocycles. The third kappa shape index (κ3) is 6.84. The molecule has 0 aromatic heterocycles. The second-order valence-corrected chi connectivity index (χ2v) is 10.6. The van der Waals surface area contributed by atoms with E-state index in [1.165, 1.54) is 4.90 Å². The zero-order chi connectivity index (χ0) is 24.1. The van der Waals surface area contributed by atoms with Crippen molar-refractivity contribution in [2.75, 3.05) is 23.7 Å². The summed E-state index contributed by atoms with van der Waals surface area (Å²) in [6, 6.07) is 10.7. The normalized spacial score (nSPS) is 12.2. The minimum Gasteiger partial charge on any atom is -0.355 e. The maximum absolute atomic E-state index is 13.4. The zero-order valence-electron chi connectivity index (χ0n) is 17.8. The molecule has 0 fully saturated rings. The van der Waals surface area contributed by atoms with Crippen molar-refractivity contribution in [2.45, 2.75) is 26.4 Å². The second-order valence-electron chi connectivity index (χ2n) is 7.06. The third-order valence-corrected chi connectivity index (χ3v) is 7.19. The van der Waals surface area contributed by atoms with Crippen LogP contribution in [0.3, 0.4) is 0 Å². The van der Waals surface area contributed by atoms with Crippen molar-refractivity contribution in [3.63, 3.8) is 0 Å². The SMILES string of the molecule is CCNC(=O)[C@H](C)N(Cc1ccc(Cl)c(Cl)c1)C(=O)CN(c1ccccc1Br)S(C)(=O)=O. The lowest BCUT2D eigenvalue weighted by Crippen LogP contribution is -2.51. The van der Waals surface area contributed by atoms with Gasteiger partial charge in [-0.1, -0.05) is 41.4 Å². The molecular formula is C21H24BrCl2N3O4S. The molecule has 0 heterocycles. The molecule has 0 aliphatic heterocycles. The Hall–Kier alpha value is -1.81. The van der Waals surface area contributed by atoms with Crippen LogP contribution in [0.5, 0.6) is 0 Å². The Balaban J connectivity index is 2.41. The van der Waals surface area contributed by atoms with Gasteiger partial charge in [0.2, 0.25) is 21.8 Å². The number of amides is 2. The van der Waals surface area contributed by atoms with E-state index < -0.39 is 28.5 Å². The molecule has 0 bridgehead atoms. The molecule has 1 N–H and O–H groups in total. The highest BCUT2D eigenvalue weighted by Gasteiger charge is 2.30. The summed E-state index contributed by atoms with van der Waals surface area (Å²) in [5.41, 5.74) is 0.971. The van der Waals surface area contributed by atoms with Crippen molar-refractivity contribution in [2.24, 2.45) is 0 Å². The van der Waals surface area contributed by atoms with E-state index in [-0.39, 0.29) is 12.5 Å². The number of hydrogen-bond acceptors (Lipinski definition) is 4. The number of rotatable bonds is 9. The molecule has 0 saturated carbocycles. The van der Waals surface area contributed by atoms with Gasteiger partial charge in [0.1, 0.15) is 12.6 Å². The van der Waals surface area contributed by atoms with Gasteiger partial charge in [0, 0.05) is 17.6 Å². The van der Waals surface area contributed by atoms with Crippen LogP contribution < -0.4 is 9.62 Å². The largest absolute Gasteiger partial charge is 0.355 e. The number of anilines is 1. The maximum Gasteiger partial charge on any atom is 0.244 e. The molecule has 2 aromatic rings. The second kappa shape index (κ2) is 11.4. The predicted molar refractivity (Wildman–Crippen MR) is 131 cm³/mol. The minimum atomic E-state index is -3.79. The van der Waals surface area contributed by atoms with Crippen molar-refractivity contribution < 1.29 is 18.0 Å². The summed E-state index contributed by atoms with van der Waals surface area (Å²) in [7, 11) is -3.79. The molecule has 7 nitrogen and oxygen atoms in total.